The summed E-state index contributed by atoms with van der Waals surface area (Å²) in [5, 5.41) is 6.27. The lowest BCUT2D eigenvalue weighted by Gasteiger charge is -2.11. The van der Waals surface area contributed by atoms with E-state index in [9.17, 15) is 22.8 Å². The van der Waals surface area contributed by atoms with Crippen molar-refractivity contribution < 1.29 is 32.0 Å². The zero-order valence-electron chi connectivity index (χ0n) is 19.0. The lowest BCUT2D eigenvalue weighted by Crippen LogP contribution is -2.28. The fraction of sp³-hybridized carbons (Fsp3) is 0.167. The predicted molar refractivity (Wildman–Crippen MR) is 123 cm³/mol. The van der Waals surface area contributed by atoms with Crippen LogP contribution < -0.4 is 20.3 Å². The van der Waals surface area contributed by atoms with E-state index in [2.05, 4.69) is 15.5 Å². The summed E-state index contributed by atoms with van der Waals surface area (Å²) in [6.07, 6.45) is -3.19. The molecule has 12 heteroatoms. The highest BCUT2D eigenvalue weighted by Gasteiger charge is 2.30. The summed E-state index contributed by atoms with van der Waals surface area (Å²) in [4.78, 5) is 29.6. The molecule has 0 aliphatic heterocycles. The Hall–Kier alpha value is -4.61. The smallest absolute Gasteiger partial charge is 0.416 e. The number of nitrogens with one attached hydrogen (secondary N) is 1. The fourth-order valence-corrected chi connectivity index (χ4v) is 3.38. The van der Waals surface area contributed by atoms with Crippen molar-refractivity contribution in [3.8, 4) is 34.3 Å². The van der Waals surface area contributed by atoms with Crippen molar-refractivity contribution in [3.05, 3.63) is 76.7 Å². The van der Waals surface area contributed by atoms with E-state index in [0.29, 0.717) is 17.1 Å². The van der Waals surface area contributed by atoms with Gasteiger partial charge in [0.25, 0.3) is 11.4 Å². The number of hydrogen-bond donors (Lipinski definition) is 1. The Bertz CT molecular complexity index is 1460. The highest BCUT2D eigenvalue weighted by Crippen LogP contribution is 2.32. The SMILES string of the molecule is COc1ccc(-c2noc(-c3cccn(CC(=O)Nc4cccc(C(F)(F)F)c4)c3=O)n2)cc1OC. The molecule has 2 aromatic carbocycles. The van der Waals surface area contributed by atoms with Crippen LogP contribution in [-0.2, 0) is 17.5 Å². The number of rotatable bonds is 7. The normalized spacial score (nSPS) is 11.2. The van der Waals surface area contributed by atoms with Crippen LogP contribution in [0.5, 0.6) is 11.5 Å². The number of benzene rings is 2. The van der Waals surface area contributed by atoms with E-state index in [1.54, 1.807) is 18.2 Å². The molecule has 0 saturated carbocycles. The van der Waals surface area contributed by atoms with Gasteiger partial charge in [-0.25, -0.2) is 0 Å². The number of carbonyl (C=O) groups is 1. The highest BCUT2D eigenvalue weighted by atomic mass is 19.4. The Labute approximate surface area is 202 Å². The van der Waals surface area contributed by atoms with Gasteiger partial charge < -0.3 is 23.9 Å². The summed E-state index contributed by atoms with van der Waals surface area (Å²) in [6, 6.07) is 12.2. The molecule has 9 nitrogen and oxygen atoms in total. The molecule has 186 valence electrons. The highest BCUT2D eigenvalue weighted by molar-refractivity contribution is 5.90. The summed E-state index contributed by atoms with van der Waals surface area (Å²) in [5.74, 6) is 0.403. The number of nitrogens with zero attached hydrogens (tertiary/aromatic N) is 3. The first-order valence-electron chi connectivity index (χ1n) is 10.4. The number of methoxy groups -OCH3 is 2. The number of hydrogen-bond acceptors (Lipinski definition) is 7. The van der Waals surface area contributed by atoms with Crippen LogP contribution in [0.2, 0.25) is 0 Å². The second kappa shape index (κ2) is 9.94. The molecule has 4 aromatic rings. The monoisotopic (exact) mass is 500 g/mol. The third-order valence-electron chi connectivity index (χ3n) is 5.11. The molecule has 1 N–H and O–H groups in total. The summed E-state index contributed by atoms with van der Waals surface area (Å²) in [6.45, 7) is -0.445. The standard InChI is InChI=1S/C24H19F3N4O5/c1-34-18-9-8-14(11-19(18)35-2)21-29-22(36-30-21)17-7-4-10-31(23(17)33)13-20(32)28-16-6-3-5-15(12-16)24(25,26)27/h3-12H,13H2,1-2H3,(H,28,32). The van der Waals surface area contributed by atoms with Gasteiger partial charge in [0.2, 0.25) is 11.7 Å². The van der Waals surface area contributed by atoms with Crippen LogP contribution in [0, 0.1) is 0 Å². The predicted octanol–water partition coefficient (Wildman–Crippen LogP) is 4.24. The minimum atomic E-state index is -4.55. The van der Waals surface area contributed by atoms with Gasteiger partial charge >= 0.3 is 6.18 Å². The first-order chi connectivity index (χ1) is 17.2. The first kappa shape index (κ1) is 24.5. The zero-order valence-corrected chi connectivity index (χ0v) is 19.0. The number of anilines is 1. The third kappa shape index (κ3) is 5.22. The van der Waals surface area contributed by atoms with Gasteiger partial charge in [-0.3, -0.25) is 9.59 Å². The number of amides is 1. The van der Waals surface area contributed by atoms with Crippen LogP contribution in [0.3, 0.4) is 0 Å². The summed E-state index contributed by atoms with van der Waals surface area (Å²) < 4.78 is 55.5. The van der Waals surface area contributed by atoms with Crippen LogP contribution in [0.4, 0.5) is 18.9 Å². The summed E-state index contributed by atoms with van der Waals surface area (Å²) in [5.41, 5.74) is -0.946. The minimum absolute atomic E-state index is 0.0450. The van der Waals surface area contributed by atoms with Crippen molar-refractivity contribution in [3.63, 3.8) is 0 Å². The van der Waals surface area contributed by atoms with Crippen LogP contribution in [0.25, 0.3) is 22.8 Å². The van der Waals surface area contributed by atoms with Crippen molar-refractivity contribution in [2.24, 2.45) is 0 Å². The van der Waals surface area contributed by atoms with Crippen molar-refractivity contribution in [1.29, 1.82) is 0 Å². The molecule has 0 bridgehead atoms. The summed E-state index contributed by atoms with van der Waals surface area (Å²) >= 11 is 0. The maximum absolute atomic E-state index is 12.9. The molecule has 0 aliphatic rings. The van der Waals surface area contributed by atoms with Gasteiger partial charge in [-0.1, -0.05) is 11.2 Å². The van der Waals surface area contributed by atoms with Crippen molar-refractivity contribution >= 4 is 11.6 Å². The number of carbonyl (C=O) groups excluding carboxylic acids is 1. The van der Waals surface area contributed by atoms with Gasteiger partial charge in [0.15, 0.2) is 11.5 Å². The lowest BCUT2D eigenvalue weighted by molar-refractivity contribution is -0.137. The average molecular weight is 500 g/mol. The number of aromatic nitrogens is 3. The van der Waals surface area contributed by atoms with Crippen LogP contribution in [-0.4, -0.2) is 34.8 Å². The van der Waals surface area contributed by atoms with Gasteiger partial charge in [0.1, 0.15) is 12.1 Å². The van der Waals surface area contributed by atoms with Gasteiger partial charge in [-0.05, 0) is 48.5 Å². The fourth-order valence-electron chi connectivity index (χ4n) is 3.38. The molecule has 0 saturated heterocycles. The average Bonchev–Trinajstić information content (AvgIpc) is 3.34. The molecule has 0 fully saturated rings. The maximum Gasteiger partial charge on any atom is 0.416 e. The molecule has 2 heterocycles. The molecular weight excluding hydrogens is 481 g/mol. The van der Waals surface area contributed by atoms with E-state index in [1.807, 2.05) is 0 Å². The molecule has 0 aliphatic carbocycles. The molecule has 2 aromatic heterocycles. The minimum Gasteiger partial charge on any atom is -0.493 e. The van der Waals surface area contributed by atoms with E-state index < -0.39 is 29.8 Å². The molecule has 0 unspecified atom stereocenters. The van der Waals surface area contributed by atoms with Crippen LogP contribution >= 0.6 is 0 Å². The zero-order chi connectivity index (χ0) is 25.9. The Kier molecular flexibility index (Phi) is 6.77. The molecule has 4 rings (SSSR count). The third-order valence-corrected chi connectivity index (χ3v) is 5.11. The molecule has 0 atom stereocenters. The molecule has 1 amide bonds. The number of pyridine rings is 1. The van der Waals surface area contributed by atoms with E-state index in [4.69, 9.17) is 14.0 Å². The van der Waals surface area contributed by atoms with E-state index in [-0.39, 0.29) is 23.0 Å². The molecular formula is C24H19F3N4O5. The number of halogens is 3. The van der Waals surface area contributed by atoms with E-state index in [0.717, 1.165) is 16.7 Å². The van der Waals surface area contributed by atoms with E-state index in [1.165, 1.54) is 44.7 Å². The van der Waals surface area contributed by atoms with Gasteiger partial charge in [0.05, 0.1) is 19.8 Å². The Morgan fingerprint density at radius 3 is 2.56 bits per heavy atom. The Morgan fingerprint density at radius 1 is 1.06 bits per heavy atom. The van der Waals surface area contributed by atoms with Gasteiger partial charge in [-0.15, -0.1) is 0 Å². The lowest BCUT2D eigenvalue weighted by atomic mass is 10.2. The van der Waals surface area contributed by atoms with E-state index >= 15 is 0 Å². The Morgan fingerprint density at radius 2 is 1.83 bits per heavy atom. The van der Waals surface area contributed by atoms with Crippen molar-refractivity contribution in [2.75, 3.05) is 19.5 Å². The first-order valence-corrected chi connectivity index (χ1v) is 10.4. The Balaban J connectivity index is 1.54. The van der Waals surface area contributed by atoms with Crippen molar-refractivity contribution in [2.45, 2.75) is 12.7 Å². The van der Waals surface area contributed by atoms with Crippen LogP contribution in [0.15, 0.2) is 70.1 Å². The second-order valence-electron chi connectivity index (χ2n) is 7.47. The van der Waals surface area contributed by atoms with Crippen molar-refractivity contribution in [1.82, 2.24) is 14.7 Å². The quantitative estimate of drug-likeness (QED) is 0.404. The molecule has 0 radical (unpaired) electrons. The number of alkyl halides is 3. The topological polar surface area (TPSA) is 108 Å². The molecule has 0 spiro atoms. The summed E-state index contributed by atoms with van der Waals surface area (Å²) in [7, 11) is 2.99. The largest absolute Gasteiger partial charge is 0.493 e. The maximum atomic E-state index is 12.9. The molecule has 36 heavy (non-hydrogen) atoms. The second-order valence-corrected chi connectivity index (χ2v) is 7.47. The van der Waals surface area contributed by atoms with Gasteiger partial charge in [0, 0.05) is 17.4 Å². The number of ether oxygens (including phenoxy) is 2. The van der Waals surface area contributed by atoms with Crippen LogP contribution in [0.1, 0.15) is 5.56 Å². The van der Waals surface area contributed by atoms with Gasteiger partial charge in [-0.2, -0.15) is 18.2 Å².